The minimum atomic E-state index is -0.127. The molecule has 2 aromatic carbocycles. The minimum absolute atomic E-state index is 0.127. The van der Waals surface area contributed by atoms with Crippen molar-refractivity contribution in [3.05, 3.63) is 48.0 Å². The zero-order chi connectivity index (χ0) is 11.8. The van der Waals surface area contributed by atoms with Crippen LogP contribution < -0.4 is 0 Å². The summed E-state index contributed by atoms with van der Waals surface area (Å²) in [6.07, 6.45) is -0.127. The van der Waals surface area contributed by atoms with Crippen LogP contribution in [-0.2, 0) is 0 Å². The van der Waals surface area contributed by atoms with E-state index >= 15 is 0 Å². The van der Waals surface area contributed by atoms with Gasteiger partial charge in [0.2, 0.25) is 0 Å². The summed E-state index contributed by atoms with van der Waals surface area (Å²) in [5.41, 5.74) is 1.33. The van der Waals surface area contributed by atoms with Crippen molar-refractivity contribution in [3.63, 3.8) is 0 Å². The number of aliphatic hydroxyl groups excluding tert-OH is 1. The largest absolute Gasteiger partial charge is 0.390 e. The fraction of sp³-hybridized carbons (Fsp3) is 0.333. The molecule has 0 aromatic heterocycles. The zero-order valence-corrected chi connectivity index (χ0v) is 10.0. The molecule has 2 heteroatoms. The number of benzene rings is 2. The van der Waals surface area contributed by atoms with E-state index in [1.165, 1.54) is 16.3 Å². The maximum Gasteiger partial charge on any atom is 0.0794 e. The van der Waals surface area contributed by atoms with Crippen LogP contribution in [0.2, 0.25) is 0 Å². The van der Waals surface area contributed by atoms with E-state index in [0.29, 0.717) is 6.04 Å². The Morgan fingerprint density at radius 3 is 2.53 bits per heavy atom. The second kappa shape index (κ2) is 4.13. The highest BCUT2D eigenvalue weighted by atomic mass is 16.3. The van der Waals surface area contributed by atoms with Crippen molar-refractivity contribution in [3.8, 4) is 0 Å². The highest BCUT2D eigenvalue weighted by Gasteiger charge is 2.29. The summed E-state index contributed by atoms with van der Waals surface area (Å²) in [6.45, 7) is 3.80. The molecule has 0 aliphatic carbocycles. The molecule has 2 nitrogen and oxygen atoms in total. The first-order valence-electron chi connectivity index (χ1n) is 6.15. The normalized spacial score (nSPS) is 19.2. The van der Waals surface area contributed by atoms with Gasteiger partial charge in [0.15, 0.2) is 0 Å². The zero-order valence-electron chi connectivity index (χ0n) is 10.0. The van der Waals surface area contributed by atoms with E-state index in [4.69, 9.17) is 0 Å². The molecule has 0 bridgehead atoms. The fourth-order valence-corrected chi connectivity index (χ4v) is 2.48. The summed E-state index contributed by atoms with van der Waals surface area (Å²) in [7, 11) is 0. The van der Waals surface area contributed by atoms with E-state index in [-0.39, 0.29) is 6.10 Å². The molecule has 1 aliphatic rings. The average molecular weight is 227 g/mol. The molecule has 1 fully saturated rings. The lowest BCUT2D eigenvalue weighted by molar-refractivity contribution is -0.0211. The van der Waals surface area contributed by atoms with Crippen LogP contribution in [0.25, 0.3) is 10.8 Å². The second-order valence-electron chi connectivity index (χ2n) is 4.89. The molecule has 0 spiro atoms. The number of fused-ring (bicyclic) bond motifs is 1. The van der Waals surface area contributed by atoms with Crippen LogP contribution >= 0.6 is 0 Å². The molecule has 0 saturated carbocycles. The summed E-state index contributed by atoms with van der Waals surface area (Å²) >= 11 is 0. The monoisotopic (exact) mass is 227 g/mol. The van der Waals surface area contributed by atoms with Crippen molar-refractivity contribution >= 4 is 10.8 Å². The Hall–Kier alpha value is -1.38. The summed E-state index contributed by atoms with van der Waals surface area (Å²) in [5, 5.41) is 11.9. The third-order valence-electron chi connectivity index (χ3n) is 3.69. The SMILES string of the molecule is CC(c1ccc2ccccc2c1)N1CC(O)C1. The molecule has 17 heavy (non-hydrogen) atoms. The van der Waals surface area contributed by atoms with Gasteiger partial charge in [-0.05, 0) is 29.3 Å². The average Bonchev–Trinajstić information content (AvgIpc) is 2.33. The summed E-state index contributed by atoms with van der Waals surface area (Å²) in [4.78, 5) is 2.30. The standard InChI is InChI=1S/C15H17NO/c1-11(16-9-15(17)10-16)13-7-6-12-4-2-3-5-14(12)8-13/h2-8,11,15,17H,9-10H2,1H3. The molecule has 1 heterocycles. The Bertz CT molecular complexity index is 531. The van der Waals surface area contributed by atoms with Gasteiger partial charge in [-0.2, -0.15) is 0 Å². The highest BCUT2D eigenvalue weighted by molar-refractivity contribution is 5.83. The van der Waals surface area contributed by atoms with Gasteiger partial charge in [-0.1, -0.05) is 36.4 Å². The molecule has 2 aromatic rings. The molecular formula is C15H17NO. The quantitative estimate of drug-likeness (QED) is 0.852. The van der Waals surface area contributed by atoms with Crippen LogP contribution in [0.15, 0.2) is 42.5 Å². The number of nitrogens with zero attached hydrogens (tertiary/aromatic N) is 1. The Labute approximate surface area is 101 Å². The van der Waals surface area contributed by atoms with Crippen molar-refractivity contribution in [2.45, 2.75) is 19.1 Å². The molecule has 0 amide bonds. The molecule has 1 saturated heterocycles. The highest BCUT2D eigenvalue weighted by Crippen LogP contribution is 2.27. The van der Waals surface area contributed by atoms with Crippen molar-refractivity contribution in [2.75, 3.05) is 13.1 Å². The van der Waals surface area contributed by atoms with E-state index in [0.717, 1.165) is 13.1 Å². The lowest BCUT2D eigenvalue weighted by atomic mass is 9.99. The van der Waals surface area contributed by atoms with Crippen molar-refractivity contribution < 1.29 is 5.11 Å². The maximum atomic E-state index is 9.34. The molecule has 3 rings (SSSR count). The topological polar surface area (TPSA) is 23.5 Å². The van der Waals surface area contributed by atoms with E-state index < -0.39 is 0 Å². The summed E-state index contributed by atoms with van der Waals surface area (Å²) in [6, 6.07) is 15.4. The first-order chi connectivity index (χ1) is 8.24. The Balaban J connectivity index is 1.90. The maximum absolute atomic E-state index is 9.34. The molecule has 1 atom stereocenters. The molecule has 1 N–H and O–H groups in total. The van der Waals surface area contributed by atoms with Gasteiger partial charge in [-0.25, -0.2) is 0 Å². The molecule has 1 unspecified atom stereocenters. The van der Waals surface area contributed by atoms with Crippen molar-refractivity contribution in [1.29, 1.82) is 0 Å². The van der Waals surface area contributed by atoms with Gasteiger partial charge in [0, 0.05) is 19.1 Å². The lowest BCUT2D eigenvalue weighted by Crippen LogP contribution is -2.51. The van der Waals surface area contributed by atoms with Crippen LogP contribution in [0.4, 0.5) is 0 Å². The molecule has 1 aliphatic heterocycles. The van der Waals surface area contributed by atoms with Gasteiger partial charge in [-0.15, -0.1) is 0 Å². The predicted octanol–water partition coefficient (Wildman–Crippen LogP) is 2.58. The number of rotatable bonds is 2. The number of aliphatic hydroxyl groups is 1. The van der Waals surface area contributed by atoms with Crippen LogP contribution in [0.5, 0.6) is 0 Å². The van der Waals surface area contributed by atoms with E-state index in [1.54, 1.807) is 0 Å². The van der Waals surface area contributed by atoms with Gasteiger partial charge in [0.25, 0.3) is 0 Å². The van der Waals surface area contributed by atoms with Crippen LogP contribution in [0.3, 0.4) is 0 Å². The minimum Gasteiger partial charge on any atom is -0.390 e. The Morgan fingerprint density at radius 2 is 1.82 bits per heavy atom. The van der Waals surface area contributed by atoms with Crippen molar-refractivity contribution in [1.82, 2.24) is 4.90 Å². The van der Waals surface area contributed by atoms with Crippen molar-refractivity contribution in [2.24, 2.45) is 0 Å². The smallest absolute Gasteiger partial charge is 0.0794 e. The van der Waals surface area contributed by atoms with E-state index in [9.17, 15) is 5.11 Å². The van der Waals surface area contributed by atoms with Crippen LogP contribution in [0.1, 0.15) is 18.5 Å². The molecule has 0 radical (unpaired) electrons. The molecule has 88 valence electrons. The predicted molar refractivity (Wildman–Crippen MR) is 69.9 cm³/mol. The van der Waals surface area contributed by atoms with E-state index in [2.05, 4.69) is 54.3 Å². The number of likely N-dealkylation sites (tertiary alicyclic amines) is 1. The lowest BCUT2D eigenvalue weighted by Gasteiger charge is -2.40. The third kappa shape index (κ3) is 1.94. The number of β-amino-alcohol motifs (C(OH)–C–C–N with tert-alkyl or cyclic N) is 1. The Morgan fingerprint density at radius 1 is 1.12 bits per heavy atom. The van der Waals surface area contributed by atoms with Gasteiger partial charge in [0.05, 0.1) is 6.10 Å². The van der Waals surface area contributed by atoms with Crippen LogP contribution in [0, 0.1) is 0 Å². The number of hydrogen-bond acceptors (Lipinski definition) is 2. The Kier molecular flexibility index (Phi) is 2.61. The summed E-state index contributed by atoms with van der Waals surface area (Å²) in [5.74, 6) is 0. The number of hydrogen-bond donors (Lipinski definition) is 1. The third-order valence-corrected chi connectivity index (χ3v) is 3.69. The first kappa shape index (κ1) is 10.8. The van der Waals surface area contributed by atoms with Gasteiger partial charge >= 0.3 is 0 Å². The van der Waals surface area contributed by atoms with Gasteiger partial charge in [0.1, 0.15) is 0 Å². The first-order valence-corrected chi connectivity index (χ1v) is 6.15. The van der Waals surface area contributed by atoms with Crippen LogP contribution in [-0.4, -0.2) is 29.2 Å². The summed E-state index contributed by atoms with van der Waals surface area (Å²) < 4.78 is 0. The second-order valence-corrected chi connectivity index (χ2v) is 4.89. The van der Waals surface area contributed by atoms with Gasteiger partial charge < -0.3 is 5.11 Å². The van der Waals surface area contributed by atoms with Gasteiger partial charge in [-0.3, -0.25) is 4.90 Å². The van der Waals surface area contributed by atoms with E-state index in [1.807, 2.05) is 0 Å². The fourth-order valence-electron chi connectivity index (χ4n) is 2.48. The molecular weight excluding hydrogens is 210 g/mol.